The molecule has 1 heterocycles. The lowest BCUT2D eigenvalue weighted by molar-refractivity contribution is -0.0117. The number of aryl methyl sites for hydroxylation is 1. The molecule has 0 aliphatic carbocycles. The minimum atomic E-state index is -3.45. The van der Waals surface area contributed by atoms with Crippen LogP contribution in [0, 0.1) is 0 Å². The monoisotopic (exact) mass is 384 g/mol. The molecule has 1 aliphatic heterocycles. The molecular formula is C19H32N2O4S. The SMILES string of the molecule is CCCc1ccc(S(=O)(=O)N2CCN(CC(O)COC(C)C)CC2)cc1. The van der Waals surface area contributed by atoms with Gasteiger partial charge in [0.15, 0.2) is 0 Å². The first-order valence-electron chi connectivity index (χ1n) is 9.44. The molecule has 1 fully saturated rings. The van der Waals surface area contributed by atoms with Crippen LogP contribution >= 0.6 is 0 Å². The van der Waals surface area contributed by atoms with Crippen molar-refractivity contribution in [2.24, 2.45) is 0 Å². The van der Waals surface area contributed by atoms with Gasteiger partial charge in [0.2, 0.25) is 10.0 Å². The summed E-state index contributed by atoms with van der Waals surface area (Å²) in [5.41, 5.74) is 1.16. The van der Waals surface area contributed by atoms with Crippen molar-refractivity contribution in [1.29, 1.82) is 0 Å². The molecule has 0 aromatic heterocycles. The van der Waals surface area contributed by atoms with Crippen molar-refractivity contribution in [1.82, 2.24) is 9.21 Å². The summed E-state index contributed by atoms with van der Waals surface area (Å²) >= 11 is 0. The summed E-state index contributed by atoms with van der Waals surface area (Å²) in [5.74, 6) is 0. The average Bonchev–Trinajstić information content (AvgIpc) is 2.61. The highest BCUT2D eigenvalue weighted by Crippen LogP contribution is 2.19. The van der Waals surface area contributed by atoms with Gasteiger partial charge in [0, 0.05) is 32.7 Å². The molecule has 1 unspecified atom stereocenters. The lowest BCUT2D eigenvalue weighted by Gasteiger charge is -2.35. The summed E-state index contributed by atoms with van der Waals surface area (Å²) in [6.45, 7) is 8.91. The number of aliphatic hydroxyl groups excluding tert-OH is 1. The second-order valence-corrected chi connectivity index (χ2v) is 9.07. The molecule has 0 radical (unpaired) electrons. The normalized spacial score (nSPS) is 18.3. The molecule has 0 saturated carbocycles. The van der Waals surface area contributed by atoms with Crippen LogP contribution < -0.4 is 0 Å². The molecule has 1 N–H and O–H groups in total. The van der Waals surface area contributed by atoms with Crippen LogP contribution in [-0.4, -0.2) is 74.3 Å². The second-order valence-electron chi connectivity index (χ2n) is 7.13. The van der Waals surface area contributed by atoms with Gasteiger partial charge in [-0.3, -0.25) is 4.90 Å². The van der Waals surface area contributed by atoms with Gasteiger partial charge >= 0.3 is 0 Å². The van der Waals surface area contributed by atoms with Gasteiger partial charge in [-0.25, -0.2) is 8.42 Å². The maximum atomic E-state index is 12.8. The van der Waals surface area contributed by atoms with Gasteiger partial charge in [-0.1, -0.05) is 25.5 Å². The number of β-amino-alcohol motifs (C(OH)–C–C–N with tert-alkyl or cyclic N) is 1. The van der Waals surface area contributed by atoms with Crippen LogP contribution in [0.2, 0.25) is 0 Å². The number of rotatable bonds is 9. The van der Waals surface area contributed by atoms with E-state index in [1.807, 2.05) is 26.0 Å². The van der Waals surface area contributed by atoms with Crippen molar-refractivity contribution in [2.45, 2.75) is 50.7 Å². The summed E-state index contributed by atoms with van der Waals surface area (Å²) in [4.78, 5) is 2.45. The Morgan fingerprint density at radius 3 is 2.27 bits per heavy atom. The number of ether oxygens (including phenoxy) is 1. The number of piperazine rings is 1. The quantitative estimate of drug-likeness (QED) is 0.702. The fourth-order valence-electron chi connectivity index (χ4n) is 3.07. The van der Waals surface area contributed by atoms with Crippen LogP contribution in [0.15, 0.2) is 29.2 Å². The van der Waals surface area contributed by atoms with E-state index in [4.69, 9.17) is 4.74 Å². The average molecular weight is 385 g/mol. The van der Waals surface area contributed by atoms with Gasteiger partial charge in [0.05, 0.1) is 23.7 Å². The second kappa shape index (κ2) is 9.80. The third-order valence-corrected chi connectivity index (χ3v) is 6.43. The van der Waals surface area contributed by atoms with E-state index in [0.29, 0.717) is 44.2 Å². The summed E-state index contributed by atoms with van der Waals surface area (Å²) in [6, 6.07) is 7.22. The van der Waals surface area contributed by atoms with Gasteiger partial charge in [-0.15, -0.1) is 0 Å². The van der Waals surface area contributed by atoms with Crippen molar-refractivity contribution >= 4 is 10.0 Å². The van der Waals surface area contributed by atoms with E-state index in [2.05, 4.69) is 11.8 Å². The molecule has 1 atom stereocenters. The first kappa shape index (κ1) is 21.3. The number of benzene rings is 1. The zero-order valence-electron chi connectivity index (χ0n) is 16.1. The Kier molecular flexibility index (Phi) is 8.04. The maximum Gasteiger partial charge on any atom is 0.243 e. The first-order valence-corrected chi connectivity index (χ1v) is 10.9. The Hall–Kier alpha value is -0.990. The summed E-state index contributed by atoms with van der Waals surface area (Å²) < 4.78 is 32.6. The van der Waals surface area contributed by atoms with E-state index >= 15 is 0 Å². The van der Waals surface area contributed by atoms with Crippen molar-refractivity contribution in [2.75, 3.05) is 39.3 Å². The van der Waals surface area contributed by atoms with Gasteiger partial charge in [0.1, 0.15) is 0 Å². The maximum absolute atomic E-state index is 12.8. The molecule has 6 nitrogen and oxygen atoms in total. The van der Waals surface area contributed by atoms with E-state index in [9.17, 15) is 13.5 Å². The van der Waals surface area contributed by atoms with Gasteiger partial charge in [-0.2, -0.15) is 4.31 Å². The molecule has 1 aromatic rings. The Balaban J connectivity index is 1.87. The van der Waals surface area contributed by atoms with Crippen LogP contribution in [0.4, 0.5) is 0 Å². The summed E-state index contributed by atoms with van der Waals surface area (Å²) in [6.07, 6.45) is 1.55. The largest absolute Gasteiger partial charge is 0.389 e. The molecule has 7 heteroatoms. The fraction of sp³-hybridized carbons (Fsp3) is 0.684. The predicted molar refractivity (Wildman–Crippen MR) is 103 cm³/mol. The molecule has 0 amide bonds. The Morgan fingerprint density at radius 1 is 1.12 bits per heavy atom. The van der Waals surface area contributed by atoms with E-state index in [-0.39, 0.29) is 6.10 Å². The minimum Gasteiger partial charge on any atom is -0.389 e. The fourth-order valence-corrected chi connectivity index (χ4v) is 4.49. The molecule has 1 aliphatic rings. The first-order chi connectivity index (χ1) is 12.3. The highest BCUT2D eigenvalue weighted by Gasteiger charge is 2.29. The van der Waals surface area contributed by atoms with Crippen molar-refractivity contribution in [3.8, 4) is 0 Å². The van der Waals surface area contributed by atoms with E-state index in [1.165, 1.54) is 4.31 Å². The molecule has 1 saturated heterocycles. The smallest absolute Gasteiger partial charge is 0.243 e. The number of aliphatic hydroxyl groups is 1. The predicted octanol–water partition coefficient (Wildman–Crippen LogP) is 1.73. The standard InChI is InChI=1S/C19H32N2O4S/c1-4-5-17-6-8-19(9-7-17)26(23,24)21-12-10-20(11-13-21)14-18(22)15-25-16(2)3/h6-9,16,18,22H,4-5,10-15H2,1-3H3. The molecule has 0 spiro atoms. The van der Waals surface area contributed by atoms with E-state index in [1.54, 1.807) is 12.1 Å². The lowest BCUT2D eigenvalue weighted by atomic mass is 10.1. The van der Waals surface area contributed by atoms with Crippen molar-refractivity contribution < 1.29 is 18.3 Å². The number of nitrogens with zero attached hydrogens (tertiary/aromatic N) is 2. The van der Waals surface area contributed by atoms with Crippen molar-refractivity contribution in [3.63, 3.8) is 0 Å². The van der Waals surface area contributed by atoms with E-state index < -0.39 is 16.1 Å². The number of hydrogen-bond acceptors (Lipinski definition) is 5. The van der Waals surface area contributed by atoms with Gasteiger partial charge in [-0.05, 0) is 38.0 Å². The van der Waals surface area contributed by atoms with Gasteiger partial charge in [0.25, 0.3) is 0 Å². The number of sulfonamides is 1. The zero-order chi connectivity index (χ0) is 19.2. The van der Waals surface area contributed by atoms with Crippen molar-refractivity contribution in [3.05, 3.63) is 29.8 Å². The third-order valence-electron chi connectivity index (χ3n) is 4.52. The highest BCUT2D eigenvalue weighted by atomic mass is 32.2. The van der Waals surface area contributed by atoms with Gasteiger partial charge < -0.3 is 9.84 Å². The van der Waals surface area contributed by atoms with Crippen LogP contribution in [0.1, 0.15) is 32.8 Å². The Labute approximate surface area is 157 Å². The zero-order valence-corrected chi connectivity index (χ0v) is 16.9. The third kappa shape index (κ3) is 6.03. The molecular weight excluding hydrogens is 352 g/mol. The highest BCUT2D eigenvalue weighted by molar-refractivity contribution is 7.89. The van der Waals surface area contributed by atoms with Crippen LogP contribution in [0.25, 0.3) is 0 Å². The topological polar surface area (TPSA) is 70.1 Å². The van der Waals surface area contributed by atoms with Crippen LogP contribution in [0.5, 0.6) is 0 Å². The Bertz CT molecular complexity index is 638. The van der Waals surface area contributed by atoms with Crippen LogP contribution in [-0.2, 0) is 21.2 Å². The minimum absolute atomic E-state index is 0.0929. The summed E-state index contributed by atoms with van der Waals surface area (Å²) in [7, 11) is -3.45. The van der Waals surface area contributed by atoms with Crippen LogP contribution in [0.3, 0.4) is 0 Å². The number of hydrogen-bond donors (Lipinski definition) is 1. The molecule has 1 aromatic carbocycles. The van der Waals surface area contributed by atoms with E-state index in [0.717, 1.165) is 18.4 Å². The summed E-state index contributed by atoms with van der Waals surface area (Å²) in [5, 5.41) is 10.0. The molecule has 148 valence electrons. The lowest BCUT2D eigenvalue weighted by Crippen LogP contribution is -2.50. The Morgan fingerprint density at radius 2 is 1.73 bits per heavy atom. The molecule has 0 bridgehead atoms. The molecule has 26 heavy (non-hydrogen) atoms. The molecule has 2 rings (SSSR count).